The van der Waals surface area contributed by atoms with Crippen LogP contribution in [0.15, 0.2) is 42.5 Å². The molecule has 0 atom stereocenters. The Labute approximate surface area is 124 Å². The molecule has 0 heterocycles. The largest absolute Gasteiger partial charge is 0.497 e. The molecule has 0 fully saturated rings. The summed E-state index contributed by atoms with van der Waals surface area (Å²) in [6, 6.07) is 12.2. The summed E-state index contributed by atoms with van der Waals surface area (Å²) in [6.45, 7) is 3.78. The maximum absolute atomic E-state index is 14.0. The molecular weight excluding hydrogens is 267 g/mol. The monoisotopic (exact) mass is 286 g/mol. The lowest BCUT2D eigenvalue weighted by atomic mass is 9.98. The van der Waals surface area contributed by atoms with E-state index >= 15 is 0 Å². The van der Waals surface area contributed by atoms with Crippen LogP contribution in [0.1, 0.15) is 19.4 Å². The van der Waals surface area contributed by atoms with Crippen LogP contribution < -0.4 is 4.74 Å². The maximum Gasteiger partial charge on any atom is 0.139 e. The van der Waals surface area contributed by atoms with Crippen LogP contribution in [0.25, 0.3) is 11.1 Å². The molecule has 0 aromatic heterocycles. The molecule has 0 saturated carbocycles. The molecule has 0 aliphatic rings. The Morgan fingerprint density at radius 1 is 1.14 bits per heavy atom. The maximum atomic E-state index is 14.0. The number of ketones is 1. The summed E-state index contributed by atoms with van der Waals surface area (Å²) in [7, 11) is 1.51. The van der Waals surface area contributed by atoms with Gasteiger partial charge in [0.1, 0.15) is 17.3 Å². The SMILES string of the molecule is COc1ccc(-c2ccc(CC(=O)C(C)C)cc2)c(F)c1. The second kappa shape index (κ2) is 6.53. The van der Waals surface area contributed by atoms with Gasteiger partial charge in [0.15, 0.2) is 0 Å². The number of ether oxygens (including phenoxy) is 1. The zero-order chi connectivity index (χ0) is 15.4. The quantitative estimate of drug-likeness (QED) is 0.820. The van der Waals surface area contributed by atoms with Crippen LogP contribution in [-0.2, 0) is 11.2 Å². The molecule has 0 spiro atoms. The van der Waals surface area contributed by atoms with Crippen LogP contribution in [0.5, 0.6) is 5.75 Å². The van der Waals surface area contributed by atoms with Gasteiger partial charge in [-0.1, -0.05) is 38.1 Å². The molecular formula is C18H19FO2. The minimum Gasteiger partial charge on any atom is -0.497 e. The van der Waals surface area contributed by atoms with Gasteiger partial charge in [-0.15, -0.1) is 0 Å². The number of hydrogen-bond acceptors (Lipinski definition) is 2. The van der Waals surface area contributed by atoms with Crippen molar-refractivity contribution in [2.75, 3.05) is 7.11 Å². The van der Waals surface area contributed by atoms with Gasteiger partial charge in [0.05, 0.1) is 7.11 Å². The molecule has 2 aromatic carbocycles. The number of methoxy groups -OCH3 is 1. The first-order valence-corrected chi connectivity index (χ1v) is 6.97. The standard InChI is InChI=1S/C18H19FO2/c1-12(2)18(20)10-13-4-6-14(7-5-13)16-9-8-15(21-3)11-17(16)19/h4-9,11-12H,10H2,1-3H3. The van der Waals surface area contributed by atoms with Crippen LogP contribution in [0.4, 0.5) is 4.39 Å². The first-order chi connectivity index (χ1) is 10.0. The highest BCUT2D eigenvalue weighted by molar-refractivity contribution is 5.82. The van der Waals surface area contributed by atoms with E-state index < -0.39 is 0 Å². The van der Waals surface area contributed by atoms with E-state index in [1.54, 1.807) is 12.1 Å². The Bertz CT molecular complexity index is 630. The van der Waals surface area contributed by atoms with Gasteiger partial charge in [-0.25, -0.2) is 4.39 Å². The summed E-state index contributed by atoms with van der Waals surface area (Å²) < 4.78 is 19.0. The average Bonchev–Trinajstić information content (AvgIpc) is 2.48. The highest BCUT2D eigenvalue weighted by Gasteiger charge is 2.10. The molecule has 0 saturated heterocycles. The van der Waals surface area contributed by atoms with Crippen molar-refractivity contribution in [3.05, 3.63) is 53.8 Å². The molecule has 2 aromatic rings. The fraction of sp³-hybridized carbons (Fsp3) is 0.278. The molecule has 3 heteroatoms. The van der Waals surface area contributed by atoms with Crippen molar-refractivity contribution in [3.63, 3.8) is 0 Å². The van der Waals surface area contributed by atoms with E-state index in [1.165, 1.54) is 13.2 Å². The first-order valence-electron chi connectivity index (χ1n) is 6.97. The van der Waals surface area contributed by atoms with Gasteiger partial charge in [-0.3, -0.25) is 4.79 Å². The summed E-state index contributed by atoms with van der Waals surface area (Å²) in [4.78, 5) is 11.7. The van der Waals surface area contributed by atoms with E-state index in [1.807, 2.05) is 38.1 Å². The van der Waals surface area contributed by atoms with Gasteiger partial charge in [-0.05, 0) is 23.3 Å². The highest BCUT2D eigenvalue weighted by Crippen LogP contribution is 2.26. The van der Waals surface area contributed by atoms with Crippen molar-refractivity contribution in [1.29, 1.82) is 0 Å². The topological polar surface area (TPSA) is 26.3 Å². The van der Waals surface area contributed by atoms with Crippen molar-refractivity contribution in [3.8, 4) is 16.9 Å². The number of benzene rings is 2. The van der Waals surface area contributed by atoms with E-state index in [0.717, 1.165) is 11.1 Å². The third-order valence-corrected chi connectivity index (χ3v) is 3.46. The Balaban J connectivity index is 2.21. The summed E-state index contributed by atoms with van der Waals surface area (Å²) in [5.41, 5.74) is 2.26. The minimum absolute atomic E-state index is 0.0312. The van der Waals surface area contributed by atoms with Crippen LogP contribution in [0.2, 0.25) is 0 Å². The second-order valence-corrected chi connectivity index (χ2v) is 5.34. The van der Waals surface area contributed by atoms with Gasteiger partial charge in [0, 0.05) is 24.0 Å². The van der Waals surface area contributed by atoms with E-state index in [-0.39, 0.29) is 17.5 Å². The summed E-state index contributed by atoms with van der Waals surface area (Å²) in [5.74, 6) is 0.415. The highest BCUT2D eigenvalue weighted by atomic mass is 19.1. The molecule has 0 bridgehead atoms. The van der Waals surface area contributed by atoms with E-state index in [9.17, 15) is 9.18 Å². The van der Waals surface area contributed by atoms with Crippen LogP contribution in [0, 0.1) is 11.7 Å². The number of carbonyl (C=O) groups is 1. The number of Topliss-reactive ketones (excluding diaryl/α,β-unsaturated/α-hetero) is 1. The van der Waals surface area contributed by atoms with Crippen LogP contribution in [-0.4, -0.2) is 12.9 Å². The van der Waals surface area contributed by atoms with Gasteiger partial charge >= 0.3 is 0 Å². The Kier molecular flexibility index (Phi) is 4.73. The predicted octanol–water partition coefficient (Wildman–Crippen LogP) is 4.27. The summed E-state index contributed by atoms with van der Waals surface area (Å²) in [6.07, 6.45) is 0.420. The lowest BCUT2D eigenvalue weighted by Crippen LogP contribution is -2.09. The number of carbonyl (C=O) groups excluding carboxylic acids is 1. The second-order valence-electron chi connectivity index (χ2n) is 5.34. The van der Waals surface area contributed by atoms with Crippen molar-refractivity contribution in [2.24, 2.45) is 5.92 Å². The van der Waals surface area contributed by atoms with Gasteiger partial charge in [-0.2, -0.15) is 0 Å². The summed E-state index contributed by atoms with van der Waals surface area (Å²) >= 11 is 0. The third kappa shape index (κ3) is 3.69. The fourth-order valence-electron chi connectivity index (χ4n) is 2.06. The third-order valence-electron chi connectivity index (χ3n) is 3.46. The first kappa shape index (κ1) is 15.2. The molecule has 2 nitrogen and oxygen atoms in total. The van der Waals surface area contributed by atoms with Crippen molar-refractivity contribution in [1.82, 2.24) is 0 Å². The molecule has 21 heavy (non-hydrogen) atoms. The van der Waals surface area contributed by atoms with Gasteiger partial charge in [0.2, 0.25) is 0 Å². The van der Waals surface area contributed by atoms with Crippen molar-refractivity contribution in [2.45, 2.75) is 20.3 Å². The molecule has 0 radical (unpaired) electrons. The van der Waals surface area contributed by atoms with Gasteiger partial charge in [0.25, 0.3) is 0 Å². The normalized spacial score (nSPS) is 10.7. The molecule has 0 aliphatic carbocycles. The Hall–Kier alpha value is -2.16. The fourth-order valence-corrected chi connectivity index (χ4v) is 2.06. The molecule has 0 aliphatic heterocycles. The molecule has 110 valence electrons. The van der Waals surface area contributed by atoms with E-state index in [2.05, 4.69) is 0 Å². The average molecular weight is 286 g/mol. The molecule has 2 rings (SSSR count). The Morgan fingerprint density at radius 2 is 1.81 bits per heavy atom. The number of rotatable bonds is 5. The van der Waals surface area contributed by atoms with Crippen molar-refractivity contribution < 1.29 is 13.9 Å². The lowest BCUT2D eigenvalue weighted by molar-refractivity contribution is -0.121. The van der Waals surface area contributed by atoms with E-state index in [0.29, 0.717) is 17.7 Å². The number of halogens is 1. The zero-order valence-corrected chi connectivity index (χ0v) is 12.5. The minimum atomic E-state index is -0.319. The van der Waals surface area contributed by atoms with Crippen LogP contribution >= 0.6 is 0 Å². The Morgan fingerprint density at radius 3 is 2.33 bits per heavy atom. The van der Waals surface area contributed by atoms with Gasteiger partial charge < -0.3 is 4.74 Å². The zero-order valence-electron chi connectivity index (χ0n) is 12.5. The summed E-state index contributed by atoms with van der Waals surface area (Å²) in [5, 5.41) is 0. The van der Waals surface area contributed by atoms with Crippen LogP contribution in [0.3, 0.4) is 0 Å². The molecule has 0 N–H and O–H groups in total. The van der Waals surface area contributed by atoms with Crippen molar-refractivity contribution >= 4 is 5.78 Å². The lowest BCUT2D eigenvalue weighted by Gasteiger charge is -2.08. The molecule has 0 amide bonds. The smallest absolute Gasteiger partial charge is 0.139 e. The molecule has 0 unspecified atom stereocenters. The number of hydrogen-bond donors (Lipinski definition) is 0. The predicted molar refractivity (Wildman–Crippen MR) is 81.9 cm³/mol. The van der Waals surface area contributed by atoms with E-state index in [4.69, 9.17) is 4.74 Å².